The molecule has 0 aliphatic heterocycles. The van der Waals surface area contributed by atoms with Gasteiger partial charge in [0.05, 0.1) is 15.8 Å². The zero-order valence-electron chi connectivity index (χ0n) is 9.88. The minimum Gasteiger partial charge on any atom is -0.389 e. The van der Waals surface area contributed by atoms with Crippen LogP contribution in [-0.4, -0.2) is 4.99 Å². The molecular weight excluding hydrogens is 370 g/mol. The van der Waals surface area contributed by atoms with Gasteiger partial charge in [0, 0.05) is 10.6 Å². The number of thiocarbonyl (C=S) groups is 1. The van der Waals surface area contributed by atoms with Gasteiger partial charge in [-0.2, -0.15) is 0 Å². The normalized spacial score (nSPS) is 10.4. The average molecular weight is 378 g/mol. The van der Waals surface area contributed by atoms with Gasteiger partial charge in [-0.05, 0) is 46.3 Å². The van der Waals surface area contributed by atoms with Crippen molar-refractivity contribution in [1.82, 2.24) is 0 Å². The molecule has 2 nitrogen and oxygen atoms in total. The van der Waals surface area contributed by atoms with Crippen molar-refractivity contribution in [2.45, 2.75) is 0 Å². The molecular formula is C13H8BrClF2N2S. The Morgan fingerprint density at radius 2 is 1.90 bits per heavy atom. The highest BCUT2D eigenvalue weighted by Crippen LogP contribution is 2.30. The summed E-state index contributed by atoms with van der Waals surface area (Å²) in [4.78, 5) is 0.0660. The lowest BCUT2D eigenvalue weighted by Gasteiger charge is -2.12. The van der Waals surface area contributed by atoms with Gasteiger partial charge in [-0.1, -0.05) is 23.8 Å². The highest BCUT2D eigenvalue weighted by Gasteiger charge is 2.14. The van der Waals surface area contributed by atoms with Crippen molar-refractivity contribution in [1.29, 1.82) is 0 Å². The zero-order chi connectivity index (χ0) is 14.9. The number of benzene rings is 2. The molecule has 0 saturated carbocycles. The van der Waals surface area contributed by atoms with Crippen molar-refractivity contribution < 1.29 is 8.78 Å². The van der Waals surface area contributed by atoms with Crippen LogP contribution in [0.2, 0.25) is 5.02 Å². The first-order valence-electron chi connectivity index (χ1n) is 5.40. The van der Waals surface area contributed by atoms with Gasteiger partial charge in [0.1, 0.15) is 10.8 Å². The molecule has 7 heteroatoms. The minimum absolute atomic E-state index is 0.0660. The molecule has 0 aliphatic carbocycles. The van der Waals surface area contributed by atoms with Crippen LogP contribution in [0.25, 0.3) is 0 Å². The fraction of sp³-hybridized carbons (Fsp3) is 0. The van der Waals surface area contributed by atoms with E-state index in [1.807, 2.05) is 0 Å². The molecule has 0 fully saturated rings. The van der Waals surface area contributed by atoms with Crippen molar-refractivity contribution in [3.63, 3.8) is 0 Å². The molecule has 0 aromatic heterocycles. The van der Waals surface area contributed by atoms with E-state index in [9.17, 15) is 8.78 Å². The number of anilines is 2. The third-order valence-electron chi connectivity index (χ3n) is 2.55. The Hall–Kier alpha value is -1.24. The van der Waals surface area contributed by atoms with Crippen LogP contribution in [0.5, 0.6) is 0 Å². The smallest absolute Gasteiger partial charge is 0.161 e. The first kappa shape index (κ1) is 15.2. The zero-order valence-corrected chi connectivity index (χ0v) is 13.0. The lowest BCUT2D eigenvalue weighted by atomic mass is 10.2. The summed E-state index contributed by atoms with van der Waals surface area (Å²) in [5, 5.41) is 2.98. The third kappa shape index (κ3) is 3.08. The number of nitrogens with one attached hydrogen (secondary N) is 1. The van der Waals surface area contributed by atoms with Crippen molar-refractivity contribution in [2.24, 2.45) is 5.73 Å². The van der Waals surface area contributed by atoms with E-state index in [1.54, 1.807) is 6.07 Å². The number of nitrogens with two attached hydrogens (primary N) is 1. The summed E-state index contributed by atoms with van der Waals surface area (Å²) in [6.45, 7) is 0. The van der Waals surface area contributed by atoms with Crippen molar-refractivity contribution in [3.8, 4) is 0 Å². The first-order chi connectivity index (χ1) is 9.40. The Morgan fingerprint density at radius 3 is 2.55 bits per heavy atom. The van der Waals surface area contributed by atoms with Crippen LogP contribution in [0.4, 0.5) is 20.2 Å². The second-order valence-electron chi connectivity index (χ2n) is 3.90. The number of rotatable bonds is 3. The molecule has 0 radical (unpaired) electrons. The predicted molar refractivity (Wildman–Crippen MR) is 84.7 cm³/mol. The van der Waals surface area contributed by atoms with Crippen molar-refractivity contribution in [3.05, 3.63) is 57.0 Å². The topological polar surface area (TPSA) is 38.0 Å². The monoisotopic (exact) mass is 376 g/mol. The van der Waals surface area contributed by atoms with E-state index >= 15 is 0 Å². The average Bonchev–Trinajstić information content (AvgIpc) is 2.39. The molecule has 0 saturated heterocycles. The van der Waals surface area contributed by atoms with Crippen LogP contribution >= 0.6 is 39.7 Å². The molecule has 0 unspecified atom stereocenters. The van der Waals surface area contributed by atoms with E-state index in [2.05, 4.69) is 21.2 Å². The lowest BCUT2D eigenvalue weighted by Crippen LogP contribution is -2.11. The Balaban J connectivity index is 2.42. The molecule has 0 spiro atoms. The minimum atomic E-state index is -0.616. The highest BCUT2D eigenvalue weighted by molar-refractivity contribution is 9.10. The molecule has 0 amide bonds. The van der Waals surface area contributed by atoms with E-state index < -0.39 is 11.6 Å². The molecule has 0 atom stereocenters. The summed E-state index contributed by atoms with van der Waals surface area (Å²) in [6.07, 6.45) is 0. The first-order valence-corrected chi connectivity index (χ1v) is 6.98. The van der Waals surface area contributed by atoms with Gasteiger partial charge in [0.25, 0.3) is 0 Å². The van der Waals surface area contributed by atoms with E-state index in [-0.39, 0.29) is 20.8 Å². The van der Waals surface area contributed by atoms with Gasteiger partial charge in [-0.15, -0.1) is 0 Å². The molecule has 2 aromatic carbocycles. The van der Waals surface area contributed by atoms with Gasteiger partial charge in [0.15, 0.2) is 5.82 Å². The molecule has 0 aliphatic rings. The molecule has 20 heavy (non-hydrogen) atoms. The van der Waals surface area contributed by atoms with Gasteiger partial charge in [-0.3, -0.25) is 0 Å². The van der Waals surface area contributed by atoms with Crippen molar-refractivity contribution >= 4 is 56.1 Å². The maximum Gasteiger partial charge on any atom is 0.161 e. The van der Waals surface area contributed by atoms with Crippen LogP contribution in [0.3, 0.4) is 0 Å². The van der Waals surface area contributed by atoms with E-state index in [0.717, 1.165) is 0 Å². The third-order valence-corrected chi connectivity index (χ3v) is 3.78. The molecule has 0 heterocycles. The maximum atomic E-state index is 14.2. The van der Waals surface area contributed by atoms with Crippen LogP contribution in [-0.2, 0) is 0 Å². The largest absolute Gasteiger partial charge is 0.389 e. The summed E-state index contributed by atoms with van der Waals surface area (Å²) in [6, 6.07) is 6.94. The molecule has 2 aromatic rings. The lowest BCUT2D eigenvalue weighted by molar-refractivity contribution is 0.621. The highest BCUT2D eigenvalue weighted by atomic mass is 79.9. The van der Waals surface area contributed by atoms with Gasteiger partial charge in [-0.25, -0.2) is 8.78 Å². The fourth-order valence-corrected chi connectivity index (χ4v) is 2.61. The maximum absolute atomic E-state index is 14.2. The number of halogens is 4. The second kappa shape index (κ2) is 6.03. The van der Waals surface area contributed by atoms with Crippen LogP contribution in [0, 0.1) is 11.6 Å². The van der Waals surface area contributed by atoms with E-state index in [0.29, 0.717) is 10.6 Å². The van der Waals surface area contributed by atoms with Gasteiger partial charge in [0.2, 0.25) is 0 Å². The van der Waals surface area contributed by atoms with Crippen LogP contribution in [0.1, 0.15) is 5.56 Å². The fourth-order valence-electron chi connectivity index (χ4n) is 1.57. The number of hydrogen-bond donors (Lipinski definition) is 2. The van der Waals surface area contributed by atoms with Gasteiger partial charge < -0.3 is 11.1 Å². The Morgan fingerprint density at radius 1 is 1.20 bits per heavy atom. The summed E-state index contributed by atoms with van der Waals surface area (Å²) >= 11 is 13.7. The summed E-state index contributed by atoms with van der Waals surface area (Å²) < 4.78 is 27.9. The van der Waals surface area contributed by atoms with Crippen molar-refractivity contribution in [2.75, 3.05) is 5.32 Å². The SMILES string of the molecule is NC(=S)c1ccc(Nc2cc(Cl)ccc2F)c(F)c1Br. The predicted octanol–water partition coefficient (Wildman–Crippen LogP) is 4.76. The van der Waals surface area contributed by atoms with Crippen LogP contribution < -0.4 is 11.1 Å². The molecule has 3 N–H and O–H groups in total. The van der Waals surface area contributed by atoms with Gasteiger partial charge >= 0.3 is 0 Å². The molecule has 104 valence electrons. The summed E-state index contributed by atoms with van der Waals surface area (Å²) in [5.41, 5.74) is 5.99. The Labute approximate surface area is 133 Å². The Bertz CT molecular complexity index is 694. The quantitative estimate of drug-likeness (QED) is 0.758. The van der Waals surface area contributed by atoms with Crippen LogP contribution in [0.15, 0.2) is 34.8 Å². The second-order valence-corrected chi connectivity index (χ2v) is 5.57. The Kier molecular flexibility index (Phi) is 4.57. The molecule has 0 bridgehead atoms. The summed E-state index contributed by atoms with van der Waals surface area (Å²) in [7, 11) is 0. The van der Waals surface area contributed by atoms with E-state index in [4.69, 9.17) is 29.6 Å². The van der Waals surface area contributed by atoms with E-state index in [1.165, 1.54) is 24.3 Å². The standard InChI is InChI=1S/C13H8BrClF2N2S/c14-11-7(13(18)20)2-4-9(12(11)17)19-10-5-6(15)1-3-8(10)16/h1-5,19H,(H2,18,20). The molecule has 2 rings (SSSR count). The number of hydrogen-bond acceptors (Lipinski definition) is 2. The summed E-state index contributed by atoms with van der Waals surface area (Å²) in [5.74, 6) is -1.15.